The number of carboxylic acid groups (broad SMARTS) is 2. The molecule has 4 rings (SSSR count). The minimum absolute atomic E-state index is 0.789. The summed E-state index contributed by atoms with van der Waals surface area (Å²) in [6, 6.07) is -4.82. The number of amides is 1. The number of carbonyl (C=O) groups excluding carboxylic acids is 1. The molecule has 50 heteroatoms. The molecule has 4 fully saturated rings. The standard InChI is InChI=1S/C30H51N3O41S6/c1-61-17-8(5-65-77(49,50)51)67-27(11(13(17)35)32-75(43,44)45)70-20-16(38)22(74-80(58,59)60)30(72-24(20)26(41)42)63-4-3-31-10(34)7-64-18-9(6-66-78(52,53)54)68-28(12(14(18)36)33-76(46,47)48)69-19-15(37)21(73-79(55,56)57)29(62-2)71-23(19)25(39)40/h8-9,11-24,27-30,32-33,35-38H,3-7H2,1-2H3,(H,31,34)(H,39,40)(H,41,42)(H,43,44,45)(H,46,47,48)(H,49,50,51)(H,52,53,54)(H,55,56,57)(H,58,59,60)/t8-,9-,11-,12-,13-,14-,15+,16+,17-,18-,19+,20+,21-,22-,23-,24-,27-,28-,29-,30-/m1/s1. The van der Waals surface area contributed by atoms with E-state index in [1.165, 1.54) is 9.44 Å². The van der Waals surface area contributed by atoms with E-state index in [0.29, 0.717) is 0 Å². The molecule has 1 amide bonds. The SMILES string of the molecule is CO[C@@H]1O[C@@H](C(=O)O)[C@@H](O[C@H]2O[C@H](COS(=O)(=O)O)[C@@H](OCC(=O)NCCO[C@@H]3O[C@@H](C(=O)O)[C@@H](O[C@H]4O[C@H](COS(=O)(=O)O)[C@@H](OC)[C@H](O)[C@H]4NS(=O)(=O)O)[C@H](O)[C@H]3OS(=O)(=O)O)[C@H](O)[C@H]2NS(=O)(=O)O)[C@H](O)[C@H]1OS(=O)(=O)O. The van der Waals surface area contributed by atoms with E-state index in [-0.39, 0.29) is 0 Å². The highest BCUT2D eigenvalue weighted by molar-refractivity contribution is 7.84. The highest BCUT2D eigenvalue weighted by atomic mass is 32.3. The molecule has 0 spiro atoms. The quantitative estimate of drug-likeness (QED) is 0.0244. The van der Waals surface area contributed by atoms with Crippen LogP contribution in [0.1, 0.15) is 0 Å². The number of ether oxygens (including phenoxy) is 10. The number of nitrogens with one attached hydrogen (secondary N) is 3. The maximum Gasteiger partial charge on any atom is 0.397 e. The number of aliphatic carboxylic acids is 2. The van der Waals surface area contributed by atoms with E-state index in [9.17, 15) is 118 Å². The predicted octanol–water partition coefficient (Wildman–Crippen LogP) is -11.0. The number of aliphatic hydroxyl groups is 4. The first-order valence-corrected chi connectivity index (χ1v) is 29.6. The van der Waals surface area contributed by atoms with Crippen LogP contribution in [0, 0.1) is 0 Å². The number of hydrogen-bond donors (Lipinski definition) is 15. The Morgan fingerprint density at radius 3 is 1.25 bits per heavy atom. The van der Waals surface area contributed by atoms with Gasteiger partial charge in [-0.05, 0) is 0 Å². The lowest BCUT2D eigenvalue weighted by Gasteiger charge is -2.47. The van der Waals surface area contributed by atoms with Gasteiger partial charge in [0.15, 0.2) is 49.6 Å². The fourth-order valence-corrected chi connectivity index (χ4v) is 10.6. The molecule has 4 saturated heterocycles. The maximum atomic E-state index is 13.0. The molecule has 20 atom stereocenters. The van der Waals surface area contributed by atoms with E-state index in [1.807, 2.05) is 5.32 Å². The van der Waals surface area contributed by atoms with Crippen LogP contribution in [-0.4, -0.2) is 296 Å². The Morgan fingerprint density at radius 1 is 0.475 bits per heavy atom. The summed E-state index contributed by atoms with van der Waals surface area (Å²) in [5.74, 6) is -5.47. The molecule has 0 aromatic heterocycles. The minimum Gasteiger partial charge on any atom is -0.479 e. The first-order chi connectivity index (χ1) is 36.5. The Kier molecular flexibility index (Phi) is 24.2. The molecule has 0 aliphatic carbocycles. The number of rotatable bonds is 29. The molecule has 468 valence electrons. The molecule has 4 heterocycles. The second-order valence-electron chi connectivity index (χ2n) is 16.3. The van der Waals surface area contributed by atoms with Crippen LogP contribution in [0.5, 0.6) is 0 Å². The van der Waals surface area contributed by atoms with Crippen molar-refractivity contribution in [3.63, 3.8) is 0 Å². The highest BCUT2D eigenvalue weighted by Crippen LogP contribution is 2.35. The van der Waals surface area contributed by atoms with Crippen molar-refractivity contribution in [3.8, 4) is 0 Å². The van der Waals surface area contributed by atoms with Gasteiger partial charge in [-0.3, -0.25) is 32.1 Å². The zero-order valence-corrected chi connectivity index (χ0v) is 44.6. The fraction of sp³-hybridized carbons (Fsp3) is 0.900. The third-order valence-electron chi connectivity index (χ3n) is 10.9. The van der Waals surface area contributed by atoms with E-state index in [2.05, 4.69) is 16.7 Å². The Labute approximate surface area is 450 Å². The molecule has 0 aromatic rings. The van der Waals surface area contributed by atoms with E-state index in [1.54, 1.807) is 0 Å². The Hall–Kier alpha value is -2.93. The molecule has 44 nitrogen and oxygen atoms in total. The number of carbonyl (C=O) groups is 3. The molecule has 80 heavy (non-hydrogen) atoms. The van der Waals surface area contributed by atoms with Crippen molar-refractivity contribution in [2.75, 3.05) is 47.2 Å². The molecular formula is C30H51N3O41S6. The molecular weight excluding hydrogens is 1250 g/mol. The van der Waals surface area contributed by atoms with Gasteiger partial charge in [-0.15, -0.1) is 0 Å². The van der Waals surface area contributed by atoms with Crippen LogP contribution in [0.4, 0.5) is 0 Å². The molecule has 0 unspecified atom stereocenters. The molecule has 0 saturated carbocycles. The number of carboxylic acids is 2. The second-order valence-corrected chi connectivity index (χ2v) is 23.0. The van der Waals surface area contributed by atoms with Crippen molar-refractivity contribution < 1.29 is 187 Å². The van der Waals surface area contributed by atoms with Crippen molar-refractivity contribution in [1.29, 1.82) is 0 Å². The average molecular weight is 1300 g/mol. The van der Waals surface area contributed by atoms with Crippen molar-refractivity contribution in [2.45, 2.75) is 123 Å². The van der Waals surface area contributed by atoms with Gasteiger partial charge in [0.1, 0.15) is 79.7 Å². The number of methoxy groups -OCH3 is 2. The first kappa shape index (κ1) is 69.6. The summed E-state index contributed by atoms with van der Waals surface area (Å²) >= 11 is 0. The van der Waals surface area contributed by atoms with Crippen LogP contribution in [0.15, 0.2) is 0 Å². The van der Waals surface area contributed by atoms with E-state index in [4.69, 9.17) is 51.9 Å². The van der Waals surface area contributed by atoms with Gasteiger partial charge in [0.05, 0.1) is 19.8 Å². The minimum atomic E-state index is -5.74. The van der Waals surface area contributed by atoms with Crippen LogP contribution in [0.2, 0.25) is 0 Å². The molecule has 0 radical (unpaired) electrons. The third kappa shape index (κ3) is 20.7. The average Bonchev–Trinajstić information content (AvgIpc) is 3.29. The predicted molar refractivity (Wildman–Crippen MR) is 235 cm³/mol. The zero-order valence-electron chi connectivity index (χ0n) is 39.7. The lowest BCUT2D eigenvalue weighted by molar-refractivity contribution is -0.338. The molecule has 4 aliphatic heterocycles. The van der Waals surface area contributed by atoms with Crippen LogP contribution in [0.3, 0.4) is 0 Å². The molecule has 4 aliphatic rings. The third-order valence-corrected chi connectivity index (χ3v) is 13.8. The summed E-state index contributed by atoms with van der Waals surface area (Å²) in [6.45, 7) is -5.87. The van der Waals surface area contributed by atoms with Gasteiger partial charge in [0, 0.05) is 20.8 Å². The van der Waals surface area contributed by atoms with Gasteiger partial charge >= 0.3 is 74.1 Å². The van der Waals surface area contributed by atoms with Crippen molar-refractivity contribution in [2.24, 2.45) is 0 Å². The Morgan fingerprint density at radius 2 is 0.875 bits per heavy atom. The highest BCUT2D eigenvalue weighted by Gasteiger charge is 2.58. The molecule has 0 aromatic carbocycles. The van der Waals surface area contributed by atoms with Crippen LogP contribution >= 0.6 is 0 Å². The summed E-state index contributed by atoms with van der Waals surface area (Å²) in [7, 11) is -31.3. The van der Waals surface area contributed by atoms with Crippen LogP contribution < -0.4 is 14.8 Å². The number of aliphatic hydroxyl groups excluding tert-OH is 4. The van der Waals surface area contributed by atoms with Crippen molar-refractivity contribution in [1.82, 2.24) is 14.8 Å². The van der Waals surface area contributed by atoms with Crippen LogP contribution in [-0.2, 0) is 141 Å². The van der Waals surface area contributed by atoms with Gasteiger partial charge in [0.25, 0.3) is 0 Å². The van der Waals surface area contributed by atoms with Gasteiger partial charge in [-0.2, -0.15) is 60.0 Å². The molecule has 0 bridgehead atoms. The second kappa shape index (κ2) is 27.8. The van der Waals surface area contributed by atoms with E-state index < -0.39 is 236 Å². The summed E-state index contributed by atoms with van der Waals surface area (Å²) in [5, 5.41) is 66.6. The maximum absolute atomic E-state index is 13.0. The summed E-state index contributed by atoms with van der Waals surface area (Å²) in [5.41, 5.74) is 0. The van der Waals surface area contributed by atoms with E-state index in [0.717, 1.165) is 14.2 Å². The smallest absolute Gasteiger partial charge is 0.397 e. The Balaban J connectivity index is 1.53. The zero-order chi connectivity index (χ0) is 60.8. The first-order valence-electron chi connectivity index (χ1n) is 21.2. The lowest BCUT2D eigenvalue weighted by Crippen LogP contribution is -2.68. The van der Waals surface area contributed by atoms with E-state index >= 15 is 0 Å². The van der Waals surface area contributed by atoms with Crippen molar-refractivity contribution >= 4 is 80.1 Å². The van der Waals surface area contributed by atoms with Gasteiger partial charge in [-0.1, -0.05) is 0 Å². The largest absolute Gasteiger partial charge is 0.479 e. The van der Waals surface area contributed by atoms with Crippen molar-refractivity contribution in [3.05, 3.63) is 0 Å². The topological polar surface area (TPSA) is 664 Å². The normalized spacial score (nSPS) is 36.0. The summed E-state index contributed by atoms with van der Waals surface area (Å²) < 4.78 is 269. The van der Waals surface area contributed by atoms with Gasteiger partial charge in [-0.25, -0.2) is 26.3 Å². The Bertz CT molecular complexity index is 2820. The van der Waals surface area contributed by atoms with Gasteiger partial charge in [0.2, 0.25) is 5.91 Å². The summed E-state index contributed by atoms with van der Waals surface area (Å²) in [6.07, 6.45) is -43.4. The summed E-state index contributed by atoms with van der Waals surface area (Å²) in [4.78, 5) is 37.7. The van der Waals surface area contributed by atoms with Crippen LogP contribution in [0.25, 0.3) is 0 Å². The fourth-order valence-electron chi connectivity index (χ4n) is 7.80. The lowest BCUT2D eigenvalue weighted by atomic mass is 9.95. The monoisotopic (exact) mass is 1300 g/mol. The number of hydrogen-bond acceptors (Lipinski definition) is 33. The molecule has 15 N–H and O–H groups in total. The van der Waals surface area contributed by atoms with Gasteiger partial charge < -0.3 is 83.3 Å².